The minimum absolute atomic E-state index is 0.0757. The van der Waals surface area contributed by atoms with E-state index in [-0.39, 0.29) is 21.4 Å². The van der Waals surface area contributed by atoms with E-state index < -0.39 is 11.6 Å². The van der Waals surface area contributed by atoms with Crippen molar-refractivity contribution in [3.63, 3.8) is 0 Å². The fourth-order valence-electron chi connectivity index (χ4n) is 2.65. The molecule has 1 N–H and O–H groups in total. The molecule has 4 nitrogen and oxygen atoms in total. The van der Waals surface area contributed by atoms with E-state index in [0.717, 1.165) is 12.0 Å². The molecule has 0 aromatic heterocycles. The number of hydrogen-bond donors (Lipinski definition) is 1. The zero-order valence-corrected chi connectivity index (χ0v) is 12.7. The summed E-state index contributed by atoms with van der Waals surface area (Å²) in [6, 6.07) is 3.25. The molecule has 0 fully saturated rings. The number of carbonyl (C=O) groups is 2. The van der Waals surface area contributed by atoms with Crippen molar-refractivity contribution in [2.75, 3.05) is 0 Å². The van der Waals surface area contributed by atoms with Gasteiger partial charge in [-0.1, -0.05) is 0 Å². The van der Waals surface area contributed by atoms with Gasteiger partial charge in [0.05, 0.1) is 0 Å². The Bertz CT molecular complexity index is 685. The van der Waals surface area contributed by atoms with Crippen LogP contribution in [0.1, 0.15) is 41.8 Å². The summed E-state index contributed by atoms with van der Waals surface area (Å²) in [4.78, 5) is 23.7. The van der Waals surface area contributed by atoms with Gasteiger partial charge in [-0.25, -0.2) is 0 Å². The summed E-state index contributed by atoms with van der Waals surface area (Å²) >= 11 is 3.00. The van der Waals surface area contributed by atoms with Gasteiger partial charge in [0.1, 0.15) is 21.6 Å². The van der Waals surface area contributed by atoms with Gasteiger partial charge in [-0.05, 0) is 54.8 Å². The average Bonchev–Trinajstić information content (AvgIpc) is 2.40. The smallest absolute Gasteiger partial charge is 0.244 e. The van der Waals surface area contributed by atoms with Crippen molar-refractivity contribution < 1.29 is 19.4 Å². The summed E-state index contributed by atoms with van der Waals surface area (Å²) < 4.78 is 5.81. The van der Waals surface area contributed by atoms with E-state index in [1.54, 1.807) is 12.1 Å². The molecule has 0 bridgehead atoms. The summed E-state index contributed by atoms with van der Waals surface area (Å²) in [5.41, 5.74) is 1.19. The third-order valence-electron chi connectivity index (χ3n) is 3.73. The Morgan fingerprint density at radius 2 is 1.95 bits per heavy atom. The number of ether oxygens (including phenoxy) is 1. The van der Waals surface area contributed by atoms with Gasteiger partial charge in [0.15, 0.2) is 0 Å². The van der Waals surface area contributed by atoms with Crippen LogP contribution >= 0.6 is 15.9 Å². The van der Waals surface area contributed by atoms with Gasteiger partial charge in [0, 0.05) is 16.7 Å². The lowest BCUT2D eigenvalue weighted by Gasteiger charge is -2.34. The maximum atomic E-state index is 12.0. The molecule has 0 saturated heterocycles. The lowest BCUT2D eigenvalue weighted by Crippen LogP contribution is -2.34. The second-order valence-corrected chi connectivity index (χ2v) is 6.44. The molecule has 104 valence electrons. The second-order valence-electron chi connectivity index (χ2n) is 5.65. The van der Waals surface area contributed by atoms with E-state index in [1.807, 2.05) is 13.8 Å². The molecule has 0 spiro atoms. The van der Waals surface area contributed by atoms with Crippen molar-refractivity contribution >= 4 is 33.3 Å². The molecule has 1 heterocycles. The van der Waals surface area contributed by atoms with Crippen molar-refractivity contribution in [3.05, 3.63) is 33.3 Å². The molecule has 1 aliphatic carbocycles. The van der Waals surface area contributed by atoms with Crippen molar-refractivity contribution in [2.24, 2.45) is 0 Å². The monoisotopic (exact) mass is 336 g/mol. The van der Waals surface area contributed by atoms with Crippen LogP contribution in [0.2, 0.25) is 0 Å². The molecule has 5 heteroatoms. The Kier molecular flexibility index (Phi) is 2.80. The van der Waals surface area contributed by atoms with Gasteiger partial charge in [0.2, 0.25) is 11.6 Å². The van der Waals surface area contributed by atoms with Gasteiger partial charge in [0.25, 0.3) is 0 Å². The average molecular weight is 337 g/mol. The van der Waals surface area contributed by atoms with Crippen LogP contribution in [0.4, 0.5) is 0 Å². The number of Topliss-reactive ketones (excluding diaryl/α,β-unsaturated/α-hetero) is 2. The van der Waals surface area contributed by atoms with E-state index in [2.05, 4.69) is 15.9 Å². The van der Waals surface area contributed by atoms with Crippen LogP contribution < -0.4 is 4.74 Å². The summed E-state index contributed by atoms with van der Waals surface area (Å²) in [5, 5.41) is 10.2. The van der Waals surface area contributed by atoms with E-state index in [1.165, 1.54) is 0 Å². The zero-order valence-electron chi connectivity index (χ0n) is 11.1. The van der Waals surface area contributed by atoms with Crippen molar-refractivity contribution in [1.82, 2.24) is 0 Å². The molecule has 20 heavy (non-hydrogen) atoms. The first-order valence-electron chi connectivity index (χ1n) is 6.35. The highest BCUT2D eigenvalue weighted by atomic mass is 79.9. The zero-order chi connectivity index (χ0) is 14.7. The number of fused-ring (bicyclic) bond motifs is 3. The van der Waals surface area contributed by atoms with Crippen LogP contribution in [0.5, 0.6) is 5.75 Å². The van der Waals surface area contributed by atoms with Crippen LogP contribution in [0.25, 0.3) is 5.76 Å². The quantitative estimate of drug-likeness (QED) is 0.739. The highest BCUT2D eigenvalue weighted by Crippen LogP contribution is 2.41. The van der Waals surface area contributed by atoms with Crippen LogP contribution in [-0.2, 0) is 11.2 Å². The minimum Gasteiger partial charge on any atom is -0.506 e. The van der Waals surface area contributed by atoms with E-state index in [9.17, 15) is 14.7 Å². The van der Waals surface area contributed by atoms with Crippen LogP contribution in [-0.4, -0.2) is 22.3 Å². The second kappa shape index (κ2) is 4.19. The molecular formula is C15H13BrO4. The normalized spacial score (nSPS) is 20.4. The lowest BCUT2D eigenvalue weighted by molar-refractivity contribution is -0.111. The number of carbonyl (C=O) groups excluding carboxylic acids is 2. The number of benzene rings is 1. The summed E-state index contributed by atoms with van der Waals surface area (Å²) in [7, 11) is 0. The first kappa shape index (κ1) is 13.4. The first-order valence-corrected chi connectivity index (χ1v) is 7.14. The van der Waals surface area contributed by atoms with Gasteiger partial charge in [-0.15, -0.1) is 0 Å². The number of allylic oxidation sites excluding steroid dienone is 1. The van der Waals surface area contributed by atoms with Crippen LogP contribution in [0.15, 0.2) is 16.6 Å². The molecule has 1 aliphatic heterocycles. The topological polar surface area (TPSA) is 63.6 Å². The van der Waals surface area contributed by atoms with E-state index >= 15 is 0 Å². The third kappa shape index (κ3) is 1.80. The molecule has 0 saturated carbocycles. The number of aliphatic hydroxyl groups excluding tert-OH is 1. The molecule has 2 aliphatic rings. The first-order chi connectivity index (χ1) is 9.32. The molecule has 1 aromatic carbocycles. The molecular weight excluding hydrogens is 324 g/mol. The summed E-state index contributed by atoms with van der Waals surface area (Å²) in [5.74, 6) is -0.830. The third-order valence-corrected chi connectivity index (χ3v) is 4.46. The van der Waals surface area contributed by atoms with E-state index in [4.69, 9.17) is 4.74 Å². The highest BCUT2D eigenvalue weighted by Gasteiger charge is 2.37. The maximum absolute atomic E-state index is 12.0. The number of hydrogen-bond acceptors (Lipinski definition) is 4. The molecule has 0 amide bonds. The molecule has 0 radical (unpaired) electrons. The number of rotatable bonds is 0. The Labute approximate surface area is 124 Å². The summed E-state index contributed by atoms with van der Waals surface area (Å²) in [6.07, 6.45) is 1.47. The predicted octanol–water partition coefficient (Wildman–Crippen LogP) is 3.18. The molecule has 1 aromatic rings. The fraction of sp³-hybridized carbons (Fsp3) is 0.333. The highest BCUT2D eigenvalue weighted by molar-refractivity contribution is 9.12. The van der Waals surface area contributed by atoms with Gasteiger partial charge in [-0.3, -0.25) is 9.59 Å². The molecule has 0 unspecified atom stereocenters. The van der Waals surface area contributed by atoms with Crippen molar-refractivity contribution in [2.45, 2.75) is 32.3 Å². The Hall–Kier alpha value is -1.62. The standard InChI is InChI=1S/C15H13BrO4/c1-15(2)6-5-7-9(20-15)4-3-8-10(7)13(18)11(16)14(19)12(8)17/h3-4,18H,5-6H2,1-2H3. The molecule has 3 rings (SSSR count). The minimum atomic E-state index is -0.716. The maximum Gasteiger partial charge on any atom is 0.244 e. The number of ketones is 2. The Morgan fingerprint density at radius 3 is 2.65 bits per heavy atom. The van der Waals surface area contributed by atoms with E-state index in [0.29, 0.717) is 17.7 Å². The Morgan fingerprint density at radius 1 is 1.25 bits per heavy atom. The SMILES string of the molecule is CC1(C)CCc2c(ccc3c2C(O)=C(Br)C(=O)C3=O)O1. The number of aliphatic hydroxyl groups is 1. The number of halogens is 1. The van der Waals surface area contributed by atoms with Crippen LogP contribution in [0, 0.1) is 0 Å². The van der Waals surface area contributed by atoms with Crippen molar-refractivity contribution in [1.29, 1.82) is 0 Å². The van der Waals surface area contributed by atoms with Gasteiger partial charge >= 0.3 is 0 Å². The van der Waals surface area contributed by atoms with Gasteiger partial charge < -0.3 is 9.84 Å². The van der Waals surface area contributed by atoms with Gasteiger partial charge in [-0.2, -0.15) is 0 Å². The Balaban J connectivity index is 2.26. The van der Waals surface area contributed by atoms with Crippen LogP contribution in [0.3, 0.4) is 0 Å². The largest absolute Gasteiger partial charge is 0.506 e. The summed E-state index contributed by atoms with van der Waals surface area (Å²) in [6.45, 7) is 3.99. The lowest BCUT2D eigenvalue weighted by atomic mass is 9.84. The van der Waals surface area contributed by atoms with Crippen molar-refractivity contribution in [3.8, 4) is 5.75 Å². The predicted molar refractivity (Wildman–Crippen MR) is 77.3 cm³/mol. The molecule has 0 atom stereocenters. The fourth-order valence-corrected chi connectivity index (χ4v) is 3.02.